The highest BCUT2D eigenvalue weighted by molar-refractivity contribution is 5.13. The van der Waals surface area contributed by atoms with Crippen LogP contribution in [0.15, 0.2) is 30.3 Å². The zero-order valence-electron chi connectivity index (χ0n) is 10.1. The van der Waals surface area contributed by atoms with Crippen molar-refractivity contribution in [1.29, 1.82) is 0 Å². The van der Waals surface area contributed by atoms with Crippen LogP contribution < -0.4 is 5.32 Å². The Kier molecular flexibility index (Phi) is 4.68. The first-order valence-electron chi connectivity index (χ1n) is 6.08. The van der Waals surface area contributed by atoms with Gasteiger partial charge < -0.3 is 25.4 Å². The van der Waals surface area contributed by atoms with Gasteiger partial charge in [0, 0.05) is 6.54 Å². The van der Waals surface area contributed by atoms with Crippen molar-refractivity contribution in [1.82, 2.24) is 5.32 Å². The molecule has 0 bridgehead atoms. The van der Waals surface area contributed by atoms with Crippen LogP contribution >= 0.6 is 0 Å². The summed E-state index contributed by atoms with van der Waals surface area (Å²) in [5.74, 6) is 0. The van der Waals surface area contributed by atoms with Crippen molar-refractivity contribution in [2.24, 2.45) is 0 Å². The molecule has 2 rings (SSSR count). The lowest BCUT2D eigenvalue weighted by molar-refractivity contribution is -0.137. The minimum Gasteiger partial charge on any atom is -0.395 e. The molecule has 100 valence electrons. The molecular weight excluding hydrogens is 234 g/mol. The third kappa shape index (κ3) is 3.07. The third-order valence-electron chi connectivity index (χ3n) is 3.20. The number of rotatable bonds is 4. The van der Waals surface area contributed by atoms with Gasteiger partial charge in [0.1, 0.15) is 12.2 Å². The van der Waals surface area contributed by atoms with E-state index in [0.29, 0.717) is 13.2 Å². The molecule has 5 heteroatoms. The average Bonchev–Trinajstić information content (AvgIpc) is 2.40. The molecule has 1 aliphatic rings. The Hall–Kier alpha value is -0.980. The fraction of sp³-hybridized carbons (Fsp3) is 0.538. The summed E-state index contributed by atoms with van der Waals surface area (Å²) in [6.07, 6.45) is -2.36. The molecule has 0 amide bonds. The Morgan fingerprint density at radius 2 is 1.94 bits per heavy atom. The Morgan fingerprint density at radius 3 is 2.61 bits per heavy atom. The number of hydrogen-bond donors (Lipinski definition) is 4. The molecule has 0 aliphatic carbocycles. The van der Waals surface area contributed by atoms with Crippen LogP contribution in [-0.4, -0.2) is 52.8 Å². The Bertz CT molecular complexity index is 359. The van der Waals surface area contributed by atoms with Crippen LogP contribution in [0.3, 0.4) is 0 Å². The SMILES string of the molecule is OCC1NCC(O)C(OCc2ccccc2)[C@@H]1O. The van der Waals surface area contributed by atoms with E-state index < -0.39 is 24.4 Å². The zero-order chi connectivity index (χ0) is 13.0. The first kappa shape index (κ1) is 13.5. The number of hydrogen-bond acceptors (Lipinski definition) is 5. The summed E-state index contributed by atoms with van der Waals surface area (Å²) in [6.45, 7) is 0.457. The molecule has 1 fully saturated rings. The van der Waals surface area contributed by atoms with E-state index in [1.54, 1.807) is 0 Å². The monoisotopic (exact) mass is 253 g/mol. The summed E-state index contributed by atoms with van der Waals surface area (Å²) in [5.41, 5.74) is 0.982. The first-order valence-corrected chi connectivity index (χ1v) is 6.08. The van der Waals surface area contributed by atoms with E-state index in [-0.39, 0.29) is 6.61 Å². The highest BCUT2D eigenvalue weighted by atomic mass is 16.5. The smallest absolute Gasteiger partial charge is 0.112 e. The lowest BCUT2D eigenvalue weighted by Crippen LogP contribution is -2.61. The minimum atomic E-state index is -0.914. The van der Waals surface area contributed by atoms with Crippen molar-refractivity contribution < 1.29 is 20.1 Å². The van der Waals surface area contributed by atoms with Crippen LogP contribution in [0.25, 0.3) is 0 Å². The van der Waals surface area contributed by atoms with E-state index in [4.69, 9.17) is 9.84 Å². The molecule has 18 heavy (non-hydrogen) atoms. The third-order valence-corrected chi connectivity index (χ3v) is 3.20. The molecular formula is C13H19NO4. The maximum absolute atomic E-state index is 9.97. The van der Waals surface area contributed by atoms with Gasteiger partial charge >= 0.3 is 0 Å². The second-order valence-electron chi connectivity index (χ2n) is 4.52. The molecule has 3 unspecified atom stereocenters. The highest BCUT2D eigenvalue weighted by Crippen LogP contribution is 2.16. The lowest BCUT2D eigenvalue weighted by Gasteiger charge is -2.37. The number of aliphatic hydroxyl groups is 3. The summed E-state index contributed by atoms with van der Waals surface area (Å²) in [6, 6.07) is 9.12. The van der Waals surface area contributed by atoms with Gasteiger partial charge in [0.05, 0.1) is 25.4 Å². The molecule has 4 atom stereocenters. The van der Waals surface area contributed by atoms with Crippen molar-refractivity contribution in [3.8, 4) is 0 Å². The molecule has 1 saturated heterocycles. The van der Waals surface area contributed by atoms with Gasteiger partial charge in [-0.05, 0) is 5.56 Å². The number of aliphatic hydroxyl groups excluding tert-OH is 3. The van der Waals surface area contributed by atoms with Gasteiger partial charge in [-0.3, -0.25) is 0 Å². The maximum atomic E-state index is 9.97. The quantitative estimate of drug-likeness (QED) is 0.568. The topological polar surface area (TPSA) is 82.0 Å². The van der Waals surface area contributed by atoms with Crippen LogP contribution in [0, 0.1) is 0 Å². The van der Waals surface area contributed by atoms with Crippen LogP contribution in [0.5, 0.6) is 0 Å². The minimum absolute atomic E-state index is 0.181. The second kappa shape index (κ2) is 6.26. The molecule has 1 aliphatic heterocycles. The first-order chi connectivity index (χ1) is 8.72. The summed E-state index contributed by atoms with van der Waals surface area (Å²) in [5, 5.41) is 31.7. The van der Waals surface area contributed by atoms with Crippen molar-refractivity contribution in [2.75, 3.05) is 13.2 Å². The fourth-order valence-corrected chi connectivity index (χ4v) is 2.11. The predicted octanol–water partition coefficient (Wildman–Crippen LogP) is -0.742. The van der Waals surface area contributed by atoms with Gasteiger partial charge in [-0.2, -0.15) is 0 Å². The van der Waals surface area contributed by atoms with Gasteiger partial charge in [0.25, 0.3) is 0 Å². The summed E-state index contributed by atoms with van der Waals surface area (Å²) in [4.78, 5) is 0. The number of ether oxygens (including phenoxy) is 1. The number of β-amino-alcohol motifs (C(OH)–C–C–N with tert-alkyl or cyclic N) is 1. The number of benzene rings is 1. The van der Waals surface area contributed by atoms with Crippen molar-refractivity contribution in [3.05, 3.63) is 35.9 Å². The number of piperidine rings is 1. The van der Waals surface area contributed by atoms with Crippen molar-refractivity contribution in [3.63, 3.8) is 0 Å². The molecule has 0 saturated carbocycles. The van der Waals surface area contributed by atoms with E-state index in [9.17, 15) is 10.2 Å². The molecule has 0 spiro atoms. The zero-order valence-corrected chi connectivity index (χ0v) is 10.1. The predicted molar refractivity (Wildman–Crippen MR) is 65.9 cm³/mol. The molecule has 1 aromatic carbocycles. The van der Waals surface area contributed by atoms with Crippen LogP contribution in [0.4, 0.5) is 0 Å². The normalized spacial score (nSPS) is 32.4. The van der Waals surface area contributed by atoms with Crippen molar-refractivity contribution in [2.45, 2.75) is 31.0 Å². The Balaban J connectivity index is 1.94. The molecule has 5 nitrogen and oxygen atoms in total. The van der Waals surface area contributed by atoms with E-state index in [1.165, 1.54) is 0 Å². The van der Waals surface area contributed by atoms with Gasteiger partial charge in [-0.15, -0.1) is 0 Å². The molecule has 0 aromatic heterocycles. The van der Waals surface area contributed by atoms with E-state index in [1.807, 2.05) is 30.3 Å². The van der Waals surface area contributed by atoms with Gasteiger partial charge in [-0.1, -0.05) is 30.3 Å². The molecule has 4 N–H and O–H groups in total. The van der Waals surface area contributed by atoms with Crippen LogP contribution in [0.1, 0.15) is 5.56 Å². The molecule has 1 heterocycles. The Morgan fingerprint density at radius 1 is 1.22 bits per heavy atom. The van der Waals surface area contributed by atoms with E-state index in [2.05, 4.69) is 5.32 Å². The van der Waals surface area contributed by atoms with E-state index >= 15 is 0 Å². The Labute approximate surface area is 106 Å². The van der Waals surface area contributed by atoms with Crippen LogP contribution in [-0.2, 0) is 11.3 Å². The number of nitrogens with one attached hydrogen (secondary N) is 1. The van der Waals surface area contributed by atoms with Crippen molar-refractivity contribution >= 4 is 0 Å². The lowest BCUT2D eigenvalue weighted by atomic mass is 9.96. The average molecular weight is 253 g/mol. The largest absolute Gasteiger partial charge is 0.395 e. The highest BCUT2D eigenvalue weighted by Gasteiger charge is 2.37. The maximum Gasteiger partial charge on any atom is 0.112 e. The summed E-state index contributed by atoms with van der Waals surface area (Å²) in [7, 11) is 0. The van der Waals surface area contributed by atoms with Gasteiger partial charge in [-0.25, -0.2) is 0 Å². The summed E-state index contributed by atoms with van der Waals surface area (Å²) >= 11 is 0. The fourth-order valence-electron chi connectivity index (χ4n) is 2.11. The van der Waals surface area contributed by atoms with Crippen LogP contribution in [0.2, 0.25) is 0 Å². The second-order valence-corrected chi connectivity index (χ2v) is 4.52. The molecule has 1 aromatic rings. The standard InChI is InChI=1S/C13H19NO4/c15-7-10-12(17)13(11(16)6-14-10)18-8-9-4-2-1-3-5-9/h1-5,10-17H,6-8H2/t10?,11?,12-,13?/m1/s1. The molecule has 0 radical (unpaired) electrons. The summed E-state index contributed by atoms with van der Waals surface area (Å²) < 4.78 is 5.57. The van der Waals surface area contributed by atoms with Gasteiger partial charge in [0.2, 0.25) is 0 Å². The van der Waals surface area contributed by atoms with E-state index in [0.717, 1.165) is 5.56 Å². The van der Waals surface area contributed by atoms with Gasteiger partial charge in [0.15, 0.2) is 0 Å².